The Labute approximate surface area is 797 Å². The van der Waals surface area contributed by atoms with Crippen molar-refractivity contribution < 1.29 is 13.3 Å². The molecule has 7 heterocycles. The Morgan fingerprint density at radius 1 is 0.187 bits per heavy atom. The quantitative estimate of drug-likeness (QED) is 0.125. The van der Waals surface area contributed by atoms with Gasteiger partial charge in [-0.3, -0.25) is 4.98 Å². The van der Waals surface area contributed by atoms with Gasteiger partial charge in [0.25, 0.3) is 0 Å². The van der Waals surface area contributed by atoms with Crippen LogP contribution in [0.15, 0.2) is 480 Å². The van der Waals surface area contributed by atoms with Gasteiger partial charge in [0.05, 0.1) is 39.5 Å². The number of fused-ring (bicyclic) bond motifs is 20. The maximum atomic E-state index is 6.47. The van der Waals surface area contributed by atoms with Crippen molar-refractivity contribution in [3.05, 3.63) is 467 Å². The Balaban J connectivity index is 0.000000105. The monoisotopic (exact) mass is 1770 g/mol. The average Bonchev–Trinajstić information content (AvgIpc) is 1.62. The largest absolute Gasteiger partial charge is 0.456 e. The first-order chi connectivity index (χ1) is 68.8. The molecule has 0 aliphatic carbocycles. The fourth-order valence-corrected chi connectivity index (χ4v) is 21.5. The van der Waals surface area contributed by atoms with Gasteiger partial charge >= 0.3 is 0 Å². The number of aromatic nitrogens is 6. The van der Waals surface area contributed by atoms with Gasteiger partial charge in [-0.15, -0.1) is 0 Å². The molecule has 9 nitrogen and oxygen atoms in total. The Hall–Kier alpha value is -18.6. The maximum Gasteiger partial charge on any atom is 0.161 e. The molecule has 0 amide bonds. The lowest BCUT2D eigenvalue weighted by Crippen LogP contribution is -1.98. The molecule has 0 aliphatic heterocycles. The number of aryl methyl sites for hydroxylation is 1. The van der Waals surface area contributed by atoms with Crippen LogP contribution in [0.4, 0.5) is 0 Å². The molecular formula is C130H80N6O3. The molecule has 7 aromatic heterocycles. The summed E-state index contributed by atoms with van der Waals surface area (Å²) in [6, 6.07) is 163. The molecule has 0 N–H and O–H groups in total. The summed E-state index contributed by atoms with van der Waals surface area (Å²) >= 11 is 0. The summed E-state index contributed by atoms with van der Waals surface area (Å²) in [6.45, 7) is 0. The van der Waals surface area contributed by atoms with Gasteiger partial charge in [-0.1, -0.05) is 352 Å². The molecule has 0 saturated carbocycles. The standard InChI is InChI=1S/C46H28N2O.C44H28N2O.C40H24N2O/c1-3-13-29(14-4-1)40-28-41(30-15-5-2-6-16-30)48-46(47-40)45-36-21-11-9-19-34(36)44(35-20-10-12-22-37(35)45)33-23-24-42-38(26-33)39-25-31-17-7-8-18-32(31)27-43(39)49-42;1-46-39-23-20-30(26-38(39)45-44(46)28-12-3-2-4-13-28)42-34-17-9-7-15-32(34)41(33-16-8-10-18-35(33)42)29-21-24-40-37(25-29)36-22-19-27-11-5-6-14-31(27)43(36)47-40;1-2-11-26-24-38-33(22-25(26)10-1)32-23-27(19-20-37(32)43-38)39-28-12-3-5-14-30(28)40(31-15-6-4-13-29(31)39)36-18-9-17-35(42-36)34-16-7-8-21-41-34/h1-28H;2-26H,1H3;1-24H. The van der Waals surface area contributed by atoms with Crippen molar-refractivity contribution in [2.24, 2.45) is 7.05 Å². The zero-order valence-electron chi connectivity index (χ0n) is 75.4. The van der Waals surface area contributed by atoms with E-state index in [1.807, 2.05) is 48.7 Å². The van der Waals surface area contributed by atoms with Gasteiger partial charge in [0.2, 0.25) is 0 Å². The lowest BCUT2D eigenvalue weighted by molar-refractivity contribution is 0.669. The molecule has 0 unspecified atom stereocenters. The molecule has 29 aromatic rings. The molecule has 648 valence electrons. The third-order valence-corrected chi connectivity index (χ3v) is 27.9. The first kappa shape index (κ1) is 80.1. The van der Waals surface area contributed by atoms with Gasteiger partial charge in [-0.05, 0) is 245 Å². The molecule has 0 spiro atoms. The minimum absolute atomic E-state index is 0.710. The summed E-state index contributed by atoms with van der Waals surface area (Å²) in [6.07, 6.45) is 1.81. The van der Waals surface area contributed by atoms with Crippen molar-refractivity contribution in [1.82, 2.24) is 29.5 Å². The summed E-state index contributed by atoms with van der Waals surface area (Å²) in [4.78, 5) is 25.3. The molecule has 29 rings (SSSR count). The summed E-state index contributed by atoms with van der Waals surface area (Å²) in [5, 5.41) is 28.1. The molecule has 0 aliphatic rings. The second-order valence-corrected chi connectivity index (χ2v) is 35.9. The molecule has 0 bridgehead atoms. The second-order valence-electron chi connectivity index (χ2n) is 35.9. The Morgan fingerprint density at radius 3 is 0.993 bits per heavy atom. The summed E-state index contributed by atoms with van der Waals surface area (Å²) < 4.78 is 21.4. The summed E-state index contributed by atoms with van der Waals surface area (Å²) in [7, 11) is 2.10. The third-order valence-electron chi connectivity index (χ3n) is 27.9. The van der Waals surface area contributed by atoms with Gasteiger partial charge in [-0.25, -0.2) is 19.9 Å². The van der Waals surface area contributed by atoms with Gasteiger partial charge in [0.15, 0.2) is 5.82 Å². The molecule has 22 aromatic carbocycles. The number of hydrogen-bond acceptors (Lipinski definition) is 8. The highest BCUT2D eigenvalue weighted by Crippen LogP contribution is 2.51. The van der Waals surface area contributed by atoms with E-state index in [1.165, 1.54) is 97.8 Å². The van der Waals surface area contributed by atoms with Crippen LogP contribution in [0.25, 0.3) is 286 Å². The van der Waals surface area contributed by atoms with E-state index in [-0.39, 0.29) is 0 Å². The number of hydrogen-bond donors (Lipinski definition) is 0. The van der Waals surface area contributed by atoms with Crippen molar-refractivity contribution in [2.45, 2.75) is 0 Å². The first-order valence-corrected chi connectivity index (χ1v) is 47.1. The van der Waals surface area contributed by atoms with Crippen LogP contribution in [0.2, 0.25) is 0 Å². The fourth-order valence-electron chi connectivity index (χ4n) is 21.5. The van der Waals surface area contributed by atoms with E-state index in [4.69, 9.17) is 33.2 Å². The highest BCUT2D eigenvalue weighted by molar-refractivity contribution is 6.27. The molecule has 0 radical (unpaired) electrons. The van der Waals surface area contributed by atoms with Gasteiger partial charge in [0, 0.05) is 78.8 Å². The van der Waals surface area contributed by atoms with E-state index in [9.17, 15) is 0 Å². The maximum absolute atomic E-state index is 6.47. The Kier molecular flexibility index (Phi) is 19.0. The van der Waals surface area contributed by atoms with Crippen LogP contribution in [0.3, 0.4) is 0 Å². The number of nitrogens with zero attached hydrogens (tertiary/aromatic N) is 6. The SMILES string of the molecule is Cn1c(-c2ccccc2)nc2cc(-c3c4ccccc4c(-c4ccc5oc6c7ccccc7ccc6c5c4)c4ccccc34)ccc21.c1ccc(-c2cc(-c3ccccc3)nc(-c3c4ccccc4c(-c4ccc5oc6cc7ccccc7cc6c5c4)c4ccccc34)n2)cc1.c1ccc(-c2cccc(-c3c4ccccc4c(-c4ccc5oc6cc7ccccc7cc6c5c4)c4ccccc34)n2)nc1. The fraction of sp³-hybridized carbons (Fsp3) is 0.00769. The number of rotatable bonds is 10. The highest BCUT2D eigenvalue weighted by Gasteiger charge is 2.26. The van der Waals surface area contributed by atoms with E-state index < -0.39 is 0 Å². The smallest absolute Gasteiger partial charge is 0.161 e. The van der Waals surface area contributed by atoms with E-state index in [1.54, 1.807) is 0 Å². The number of furan rings is 3. The van der Waals surface area contributed by atoms with Crippen molar-refractivity contribution in [3.8, 4) is 112 Å². The third kappa shape index (κ3) is 13.6. The van der Waals surface area contributed by atoms with Crippen LogP contribution in [-0.4, -0.2) is 29.5 Å². The van der Waals surface area contributed by atoms with Crippen molar-refractivity contribution >= 4 is 174 Å². The normalized spacial score (nSPS) is 11.8. The number of imidazole rings is 1. The topological polar surface area (TPSA) is 109 Å². The van der Waals surface area contributed by atoms with E-state index in [0.717, 1.165) is 183 Å². The van der Waals surface area contributed by atoms with Crippen LogP contribution >= 0.6 is 0 Å². The zero-order valence-corrected chi connectivity index (χ0v) is 75.4. The first-order valence-electron chi connectivity index (χ1n) is 47.1. The van der Waals surface area contributed by atoms with Crippen LogP contribution < -0.4 is 0 Å². The molecule has 0 fully saturated rings. The van der Waals surface area contributed by atoms with Crippen LogP contribution in [0, 0.1) is 0 Å². The number of benzene rings is 22. The molecule has 9 heteroatoms. The van der Waals surface area contributed by atoms with Crippen molar-refractivity contribution in [3.63, 3.8) is 0 Å². The molecular weight excluding hydrogens is 1690 g/mol. The molecule has 0 atom stereocenters. The van der Waals surface area contributed by atoms with Gasteiger partial charge < -0.3 is 17.8 Å². The van der Waals surface area contributed by atoms with Gasteiger partial charge in [0.1, 0.15) is 39.3 Å². The van der Waals surface area contributed by atoms with Crippen LogP contribution in [0.1, 0.15) is 0 Å². The van der Waals surface area contributed by atoms with Crippen molar-refractivity contribution in [1.29, 1.82) is 0 Å². The minimum Gasteiger partial charge on any atom is -0.456 e. The van der Waals surface area contributed by atoms with E-state index >= 15 is 0 Å². The highest BCUT2D eigenvalue weighted by atomic mass is 16.3. The average molecular weight is 1770 g/mol. The van der Waals surface area contributed by atoms with Crippen LogP contribution in [0.5, 0.6) is 0 Å². The predicted molar refractivity (Wildman–Crippen MR) is 579 cm³/mol. The lowest BCUT2D eigenvalue weighted by Gasteiger charge is -2.18. The summed E-state index contributed by atoms with van der Waals surface area (Å²) in [5.74, 6) is 1.68. The predicted octanol–water partition coefficient (Wildman–Crippen LogP) is 35.3. The minimum atomic E-state index is 0.710. The van der Waals surface area contributed by atoms with E-state index in [2.05, 4.69) is 435 Å². The van der Waals surface area contributed by atoms with Crippen LogP contribution in [-0.2, 0) is 7.05 Å². The number of pyridine rings is 2. The Morgan fingerprint density at radius 2 is 0.540 bits per heavy atom. The molecule has 139 heavy (non-hydrogen) atoms. The molecule has 0 saturated heterocycles. The summed E-state index contributed by atoms with van der Waals surface area (Å²) in [5.41, 5.74) is 26.9. The van der Waals surface area contributed by atoms with Crippen molar-refractivity contribution in [2.75, 3.05) is 0 Å². The zero-order chi connectivity index (χ0) is 91.7. The second kappa shape index (κ2) is 33.0. The van der Waals surface area contributed by atoms with Gasteiger partial charge in [-0.2, -0.15) is 0 Å². The Bertz CT molecular complexity index is 9830. The van der Waals surface area contributed by atoms with E-state index in [0.29, 0.717) is 5.82 Å². The lowest BCUT2D eigenvalue weighted by atomic mass is 9.85.